The maximum absolute atomic E-state index is 5.36. The normalized spacial score (nSPS) is 10.7. The molecule has 3 rings (SSSR count). The molecule has 0 amide bonds. The van der Waals surface area contributed by atoms with Gasteiger partial charge in [-0.05, 0) is 12.5 Å². The molecule has 0 aliphatic rings. The zero-order chi connectivity index (χ0) is 15.7. The molecule has 0 aromatic carbocycles. The van der Waals surface area contributed by atoms with Gasteiger partial charge in [0.1, 0.15) is 17.7 Å². The van der Waals surface area contributed by atoms with Crippen molar-refractivity contribution in [3.8, 4) is 23.0 Å². The fourth-order valence-electron chi connectivity index (χ4n) is 2.49. The first-order valence-corrected chi connectivity index (χ1v) is 6.79. The van der Waals surface area contributed by atoms with Crippen molar-refractivity contribution in [3.05, 3.63) is 24.2 Å². The van der Waals surface area contributed by atoms with Gasteiger partial charge in [-0.25, -0.2) is 15.0 Å². The Balaban J connectivity index is 2.29. The van der Waals surface area contributed by atoms with Crippen LogP contribution in [-0.4, -0.2) is 41.2 Å². The van der Waals surface area contributed by atoms with E-state index in [1.54, 1.807) is 14.2 Å². The molecule has 7 heteroatoms. The number of hydrogen-bond donors (Lipinski definition) is 2. The molecule has 0 saturated heterocycles. The number of hydrogen-bond acceptors (Lipinski definition) is 6. The van der Waals surface area contributed by atoms with Crippen molar-refractivity contribution in [1.29, 1.82) is 0 Å². The molecule has 0 fully saturated rings. The SMILES string of the molecule is CNc1cc2[nH]c(-c3c(OC)ncnc3OC)c(C)c2cn1. The second-order valence-corrected chi connectivity index (χ2v) is 4.76. The van der Waals surface area contributed by atoms with Crippen LogP contribution in [-0.2, 0) is 0 Å². The third-order valence-corrected chi connectivity index (χ3v) is 3.61. The van der Waals surface area contributed by atoms with Crippen LogP contribution in [0.4, 0.5) is 5.82 Å². The molecule has 3 heterocycles. The van der Waals surface area contributed by atoms with Gasteiger partial charge in [-0.15, -0.1) is 0 Å². The maximum atomic E-state index is 5.36. The van der Waals surface area contributed by atoms with Crippen LogP contribution in [0.3, 0.4) is 0 Å². The van der Waals surface area contributed by atoms with Gasteiger partial charge in [0.25, 0.3) is 0 Å². The van der Waals surface area contributed by atoms with Crippen LogP contribution in [0.2, 0.25) is 0 Å². The Labute approximate surface area is 127 Å². The molecule has 22 heavy (non-hydrogen) atoms. The first-order valence-electron chi connectivity index (χ1n) is 6.79. The Morgan fingerprint density at radius 1 is 1.09 bits per heavy atom. The van der Waals surface area contributed by atoms with Crippen LogP contribution in [0.15, 0.2) is 18.6 Å². The largest absolute Gasteiger partial charge is 0.480 e. The van der Waals surface area contributed by atoms with Crippen molar-refractivity contribution in [2.24, 2.45) is 0 Å². The average Bonchev–Trinajstić information content (AvgIpc) is 2.89. The molecule has 3 aromatic heterocycles. The number of pyridine rings is 1. The van der Waals surface area contributed by atoms with E-state index in [2.05, 4.69) is 25.3 Å². The molecular formula is C15H17N5O2. The highest BCUT2D eigenvalue weighted by Crippen LogP contribution is 2.38. The number of aromatic amines is 1. The topological polar surface area (TPSA) is 85.0 Å². The fourth-order valence-corrected chi connectivity index (χ4v) is 2.49. The van der Waals surface area contributed by atoms with Gasteiger partial charge in [0.05, 0.1) is 25.4 Å². The maximum Gasteiger partial charge on any atom is 0.229 e. The lowest BCUT2D eigenvalue weighted by Gasteiger charge is -2.10. The summed E-state index contributed by atoms with van der Waals surface area (Å²) in [5.74, 6) is 1.72. The van der Waals surface area contributed by atoms with Crippen molar-refractivity contribution in [2.45, 2.75) is 6.92 Å². The van der Waals surface area contributed by atoms with Crippen molar-refractivity contribution >= 4 is 16.7 Å². The zero-order valence-electron chi connectivity index (χ0n) is 12.9. The van der Waals surface area contributed by atoms with Crippen LogP contribution in [0.1, 0.15) is 5.56 Å². The Hall–Kier alpha value is -2.83. The lowest BCUT2D eigenvalue weighted by Crippen LogP contribution is -1.98. The molecular weight excluding hydrogens is 282 g/mol. The smallest absolute Gasteiger partial charge is 0.229 e. The minimum absolute atomic E-state index is 0.461. The highest BCUT2D eigenvalue weighted by atomic mass is 16.5. The molecule has 3 aromatic rings. The van der Waals surface area contributed by atoms with Gasteiger partial charge in [-0.3, -0.25) is 0 Å². The summed E-state index contributed by atoms with van der Waals surface area (Å²) in [4.78, 5) is 16.1. The summed E-state index contributed by atoms with van der Waals surface area (Å²) in [6.45, 7) is 2.01. The molecule has 0 aliphatic carbocycles. The third-order valence-electron chi connectivity index (χ3n) is 3.61. The average molecular weight is 299 g/mol. The fraction of sp³-hybridized carbons (Fsp3) is 0.267. The first-order chi connectivity index (χ1) is 10.7. The monoisotopic (exact) mass is 299 g/mol. The number of aryl methyl sites for hydroxylation is 1. The molecule has 2 N–H and O–H groups in total. The van der Waals surface area contributed by atoms with Gasteiger partial charge in [-0.2, -0.15) is 0 Å². The van der Waals surface area contributed by atoms with Crippen LogP contribution >= 0.6 is 0 Å². The molecule has 0 aliphatic heterocycles. The second kappa shape index (κ2) is 5.51. The Bertz CT molecular complexity index is 806. The number of fused-ring (bicyclic) bond motifs is 1. The van der Waals surface area contributed by atoms with Gasteiger partial charge in [0, 0.05) is 24.7 Å². The molecule has 0 spiro atoms. The van der Waals surface area contributed by atoms with E-state index in [4.69, 9.17) is 9.47 Å². The van der Waals surface area contributed by atoms with Gasteiger partial charge in [0.2, 0.25) is 11.8 Å². The summed E-state index contributed by atoms with van der Waals surface area (Å²) in [6, 6.07) is 1.95. The highest BCUT2D eigenvalue weighted by Gasteiger charge is 2.20. The summed E-state index contributed by atoms with van der Waals surface area (Å²) < 4.78 is 10.7. The van der Waals surface area contributed by atoms with Gasteiger partial charge in [-0.1, -0.05) is 0 Å². The Morgan fingerprint density at radius 3 is 2.36 bits per heavy atom. The van der Waals surface area contributed by atoms with E-state index >= 15 is 0 Å². The number of nitrogens with zero attached hydrogens (tertiary/aromatic N) is 3. The van der Waals surface area contributed by atoms with Crippen molar-refractivity contribution in [1.82, 2.24) is 19.9 Å². The Kier molecular flexibility index (Phi) is 3.54. The standard InChI is InChI=1S/C15H17N5O2/c1-8-9-6-17-11(16-2)5-10(9)20-13(8)12-14(21-3)18-7-19-15(12)22-4/h5-7,20H,1-4H3,(H,16,17). The van der Waals surface area contributed by atoms with E-state index in [9.17, 15) is 0 Å². The molecule has 0 atom stereocenters. The van der Waals surface area contributed by atoms with Gasteiger partial charge >= 0.3 is 0 Å². The number of ether oxygens (including phenoxy) is 2. The van der Waals surface area contributed by atoms with E-state index in [0.717, 1.165) is 28.0 Å². The predicted octanol–water partition coefficient (Wildman–Crippen LogP) is 2.39. The number of nitrogens with one attached hydrogen (secondary N) is 2. The number of rotatable bonds is 4. The predicted molar refractivity (Wildman–Crippen MR) is 84.5 cm³/mol. The summed E-state index contributed by atoms with van der Waals surface area (Å²) >= 11 is 0. The number of methoxy groups -OCH3 is 2. The number of anilines is 1. The van der Waals surface area contributed by atoms with Crippen LogP contribution in [0.25, 0.3) is 22.2 Å². The quantitative estimate of drug-likeness (QED) is 0.769. The van der Waals surface area contributed by atoms with Crippen molar-refractivity contribution in [2.75, 3.05) is 26.6 Å². The third kappa shape index (κ3) is 2.11. The van der Waals surface area contributed by atoms with E-state index in [0.29, 0.717) is 17.3 Å². The lowest BCUT2D eigenvalue weighted by molar-refractivity contribution is 0.374. The van der Waals surface area contributed by atoms with E-state index in [1.807, 2.05) is 26.2 Å². The van der Waals surface area contributed by atoms with Crippen LogP contribution in [0, 0.1) is 6.92 Å². The lowest BCUT2D eigenvalue weighted by atomic mass is 10.1. The number of aromatic nitrogens is 4. The van der Waals surface area contributed by atoms with Gasteiger partial charge < -0.3 is 19.8 Å². The minimum atomic E-state index is 0.461. The minimum Gasteiger partial charge on any atom is -0.480 e. The van der Waals surface area contributed by atoms with Gasteiger partial charge in [0.15, 0.2) is 0 Å². The number of H-pyrrole nitrogens is 1. The van der Waals surface area contributed by atoms with E-state index < -0.39 is 0 Å². The molecule has 0 bridgehead atoms. The van der Waals surface area contributed by atoms with Crippen molar-refractivity contribution in [3.63, 3.8) is 0 Å². The highest BCUT2D eigenvalue weighted by molar-refractivity contribution is 5.92. The van der Waals surface area contributed by atoms with Crippen LogP contribution in [0.5, 0.6) is 11.8 Å². The van der Waals surface area contributed by atoms with E-state index in [1.165, 1.54) is 6.33 Å². The molecule has 0 unspecified atom stereocenters. The summed E-state index contributed by atoms with van der Waals surface area (Å²) in [5, 5.41) is 4.06. The Morgan fingerprint density at radius 2 is 1.77 bits per heavy atom. The summed E-state index contributed by atoms with van der Waals surface area (Å²) in [6.07, 6.45) is 3.25. The summed E-state index contributed by atoms with van der Waals surface area (Å²) in [7, 11) is 4.98. The molecule has 0 radical (unpaired) electrons. The van der Waals surface area contributed by atoms with E-state index in [-0.39, 0.29) is 0 Å². The second-order valence-electron chi connectivity index (χ2n) is 4.76. The molecule has 7 nitrogen and oxygen atoms in total. The zero-order valence-corrected chi connectivity index (χ0v) is 12.9. The summed E-state index contributed by atoms with van der Waals surface area (Å²) in [5.41, 5.74) is 3.57. The molecule has 0 saturated carbocycles. The molecule has 114 valence electrons. The van der Waals surface area contributed by atoms with Crippen molar-refractivity contribution < 1.29 is 9.47 Å². The van der Waals surface area contributed by atoms with Crippen LogP contribution < -0.4 is 14.8 Å². The first kappa shape index (κ1) is 14.1.